The van der Waals surface area contributed by atoms with Gasteiger partial charge in [-0.05, 0) is 57.7 Å². The van der Waals surface area contributed by atoms with E-state index in [1.165, 1.54) is 23.6 Å². The molecule has 1 atom stereocenters. The molecule has 2 aromatic heterocycles. The Morgan fingerprint density at radius 2 is 1.90 bits per heavy atom. The third-order valence-electron chi connectivity index (χ3n) is 8.02. The summed E-state index contributed by atoms with van der Waals surface area (Å²) in [5, 5.41) is 10.2. The van der Waals surface area contributed by atoms with E-state index in [0.29, 0.717) is 71.2 Å². The van der Waals surface area contributed by atoms with Crippen LogP contribution in [0.5, 0.6) is 0 Å². The Balaban J connectivity index is 0.00000387. The van der Waals surface area contributed by atoms with E-state index in [1.807, 2.05) is 4.90 Å². The van der Waals surface area contributed by atoms with Crippen molar-refractivity contribution in [2.45, 2.75) is 72.4 Å². The van der Waals surface area contributed by atoms with Crippen molar-refractivity contribution in [3.63, 3.8) is 0 Å². The van der Waals surface area contributed by atoms with Gasteiger partial charge in [0.15, 0.2) is 5.78 Å². The highest BCUT2D eigenvalue weighted by Crippen LogP contribution is 2.35. The number of Topliss-reactive ketones (excluding diaryl/α,β-unsaturated/α-hetero) is 1. The summed E-state index contributed by atoms with van der Waals surface area (Å²) in [6.45, 7) is 6.71. The number of likely N-dealkylation sites (tertiary alicyclic amines) is 1. The molecule has 0 spiro atoms. The van der Waals surface area contributed by atoms with Gasteiger partial charge >= 0.3 is 5.97 Å². The maximum atomic E-state index is 14.6. The summed E-state index contributed by atoms with van der Waals surface area (Å²) in [4.78, 5) is 43.4. The fourth-order valence-corrected chi connectivity index (χ4v) is 6.88. The van der Waals surface area contributed by atoms with Crippen molar-refractivity contribution < 1.29 is 19.1 Å². The Labute approximate surface area is 249 Å². The van der Waals surface area contributed by atoms with Gasteiger partial charge in [-0.3, -0.25) is 14.5 Å². The van der Waals surface area contributed by atoms with Gasteiger partial charge in [0, 0.05) is 46.7 Å². The lowest BCUT2D eigenvalue weighted by Crippen LogP contribution is -2.36. The number of anilines is 1. The Hall–Kier alpha value is -2.95. The molecule has 3 aromatic rings. The molecule has 0 saturated carbocycles. The van der Waals surface area contributed by atoms with Crippen molar-refractivity contribution in [2.75, 3.05) is 24.5 Å². The van der Waals surface area contributed by atoms with E-state index in [9.17, 15) is 19.1 Å². The van der Waals surface area contributed by atoms with Crippen LogP contribution in [0.2, 0.25) is 5.02 Å². The molecular formula is C30H37ClFN5O3S. The Bertz CT molecular complexity index is 1370. The Morgan fingerprint density at radius 3 is 2.54 bits per heavy atom. The summed E-state index contributed by atoms with van der Waals surface area (Å²) in [5.41, 5.74) is 1.93. The minimum absolute atomic E-state index is 0. The summed E-state index contributed by atoms with van der Waals surface area (Å²) in [6.07, 6.45) is 7.59. The zero-order valence-corrected chi connectivity index (χ0v) is 24.3. The number of aromatic nitrogens is 3. The predicted octanol–water partition coefficient (Wildman–Crippen LogP) is 6.44. The molecule has 2 aliphatic heterocycles. The second-order valence-electron chi connectivity index (χ2n) is 10.6. The highest BCUT2D eigenvalue weighted by molar-refractivity contribution is 7.12. The number of ketones is 1. The second-order valence-corrected chi connectivity index (χ2v) is 12.2. The molecule has 0 amide bonds. The van der Waals surface area contributed by atoms with Crippen molar-refractivity contribution in [3.05, 3.63) is 56.5 Å². The van der Waals surface area contributed by atoms with Crippen LogP contribution in [0.25, 0.3) is 11.3 Å². The fraction of sp³-hybridized carbons (Fsp3) is 0.500. The Kier molecular flexibility index (Phi) is 10.1. The van der Waals surface area contributed by atoms with Gasteiger partial charge in [0.2, 0.25) is 0 Å². The summed E-state index contributed by atoms with van der Waals surface area (Å²) in [5.74, 6) is -1.04. The molecule has 8 nitrogen and oxygen atoms in total. The number of aliphatic carboxylic acids is 1. The van der Waals surface area contributed by atoms with Crippen LogP contribution in [0.4, 0.5) is 10.2 Å². The largest absolute Gasteiger partial charge is 0.481 e. The van der Waals surface area contributed by atoms with Gasteiger partial charge < -0.3 is 10.0 Å². The number of piperidine rings is 1. The van der Waals surface area contributed by atoms with Gasteiger partial charge in [-0.15, -0.1) is 11.3 Å². The van der Waals surface area contributed by atoms with E-state index in [0.717, 1.165) is 30.7 Å². The van der Waals surface area contributed by atoms with E-state index >= 15 is 0 Å². The molecule has 41 heavy (non-hydrogen) atoms. The van der Waals surface area contributed by atoms with Crippen LogP contribution in [-0.4, -0.2) is 62.4 Å². The van der Waals surface area contributed by atoms with E-state index in [2.05, 4.69) is 21.8 Å². The second kappa shape index (κ2) is 13.4. The zero-order chi connectivity index (χ0) is 28.4. The molecule has 2 aliphatic rings. The summed E-state index contributed by atoms with van der Waals surface area (Å²) in [7, 11) is 0. The average Bonchev–Trinajstić information content (AvgIpc) is 3.58. The minimum atomic E-state index is -0.763. The first-order valence-electron chi connectivity index (χ1n) is 13.7. The first kappa shape index (κ1) is 31.0. The van der Waals surface area contributed by atoms with Gasteiger partial charge in [0.1, 0.15) is 22.3 Å². The lowest BCUT2D eigenvalue weighted by molar-refractivity contribution is -0.142. The van der Waals surface area contributed by atoms with Crippen molar-refractivity contribution in [2.24, 2.45) is 5.92 Å². The van der Waals surface area contributed by atoms with Crippen LogP contribution in [0.15, 0.2) is 24.5 Å². The first-order valence-corrected chi connectivity index (χ1v) is 14.9. The quantitative estimate of drug-likeness (QED) is 0.280. The number of halogens is 2. The van der Waals surface area contributed by atoms with Crippen LogP contribution in [0.1, 0.15) is 72.4 Å². The zero-order valence-electron chi connectivity index (χ0n) is 22.7. The van der Waals surface area contributed by atoms with Gasteiger partial charge in [-0.25, -0.2) is 19.3 Å². The molecule has 2 saturated heterocycles. The number of carbonyl (C=O) groups excluding carboxylic acids is 1. The third-order valence-corrected chi connectivity index (χ3v) is 9.45. The SMILES string of the molecule is C.CC[C@@H]1CCCN1Cc1sc(CC(=O)c2cnc(N3CCC(C(=O)O)CC3)cn2)nc1-c1cc(F)c(C)c(Cl)c1. The Morgan fingerprint density at radius 1 is 1.15 bits per heavy atom. The highest BCUT2D eigenvalue weighted by Gasteiger charge is 2.27. The number of hydrogen-bond donors (Lipinski definition) is 1. The molecule has 2 fully saturated rings. The molecule has 1 aromatic carbocycles. The first-order chi connectivity index (χ1) is 19.2. The summed E-state index contributed by atoms with van der Waals surface area (Å²) < 4.78 is 14.6. The molecule has 0 aliphatic carbocycles. The molecule has 0 radical (unpaired) electrons. The van der Waals surface area contributed by atoms with E-state index in [4.69, 9.17) is 16.6 Å². The number of nitrogens with zero attached hydrogens (tertiary/aromatic N) is 5. The maximum absolute atomic E-state index is 14.6. The van der Waals surface area contributed by atoms with Crippen LogP contribution >= 0.6 is 22.9 Å². The number of rotatable bonds is 9. The smallest absolute Gasteiger partial charge is 0.306 e. The monoisotopic (exact) mass is 601 g/mol. The van der Waals surface area contributed by atoms with Crippen molar-refractivity contribution in [3.8, 4) is 11.3 Å². The lowest BCUT2D eigenvalue weighted by Gasteiger charge is -2.30. The average molecular weight is 602 g/mol. The number of thiazole rings is 1. The number of carbonyl (C=O) groups is 2. The van der Waals surface area contributed by atoms with Crippen LogP contribution < -0.4 is 4.90 Å². The van der Waals surface area contributed by atoms with E-state index in [1.54, 1.807) is 19.2 Å². The van der Waals surface area contributed by atoms with Gasteiger partial charge in [-0.1, -0.05) is 26.0 Å². The summed E-state index contributed by atoms with van der Waals surface area (Å²) >= 11 is 7.80. The van der Waals surface area contributed by atoms with Crippen LogP contribution in [0.3, 0.4) is 0 Å². The lowest BCUT2D eigenvalue weighted by atomic mass is 9.97. The van der Waals surface area contributed by atoms with Crippen molar-refractivity contribution >= 4 is 40.5 Å². The maximum Gasteiger partial charge on any atom is 0.306 e. The highest BCUT2D eigenvalue weighted by atomic mass is 35.5. The minimum Gasteiger partial charge on any atom is -0.481 e. The van der Waals surface area contributed by atoms with Gasteiger partial charge in [0.05, 0.1) is 30.4 Å². The predicted molar refractivity (Wildman–Crippen MR) is 160 cm³/mol. The topological polar surface area (TPSA) is 99.5 Å². The molecular weight excluding hydrogens is 565 g/mol. The fourth-order valence-electron chi connectivity index (χ4n) is 5.55. The number of benzene rings is 1. The molecule has 0 unspecified atom stereocenters. The van der Waals surface area contributed by atoms with E-state index in [-0.39, 0.29) is 37.1 Å². The van der Waals surface area contributed by atoms with Gasteiger partial charge in [0.25, 0.3) is 0 Å². The van der Waals surface area contributed by atoms with Crippen molar-refractivity contribution in [1.82, 2.24) is 19.9 Å². The van der Waals surface area contributed by atoms with Crippen molar-refractivity contribution in [1.29, 1.82) is 0 Å². The standard InChI is InChI=1S/C29H33ClFN5O3S.CH4/c1-3-20-5-4-8-36(20)16-25-28(19-11-21(30)17(2)22(31)12-19)34-27(40-25)13-24(37)23-14-33-26(15-32-23)35-9-6-18(7-10-35)29(38)39;/h11-12,14-15,18,20H,3-10,13,16H2,1-2H3,(H,38,39);1H4/t20-;/m1./s1. The number of carboxylic acids is 1. The molecule has 0 bridgehead atoms. The van der Waals surface area contributed by atoms with Crippen LogP contribution in [0, 0.1) is 18.7 Å². The normalized spacial score (nSPS) is 18.0. The molecule has 1 N–H and O–H groups in total. The number of carboxylic acid groups (broad SMARTS) is 1. The third kappa shape index (κ3) is 6.93. The molecule has 220 valence electrons. The summed E-state index contributed by atoms with van der Waals surface area (Å²) in [6, 6.07) is 3.72. The number of hydrogen-bond acceptors (Lipinski definition) is 8. The molecule has 11 heteroatoms. The van der Waals surface area contributed by atoms with Gasteiger partial charge in [-0.2, -0.15) is 0 Å². The van der Waals surface area contributed by atoms with Crippen LogP contribution in [-0.2, 0) is 17.8 Å². The van der Waals surface area contributed by atoms with E-state index < -0.39 is 5.97 Å². The molecule has 5 rings (SSSR count). The molecule has 4 heterocycles.